The van der Waals surface area contributed by atoms with Gasteiger partial charge in [0, 0.05) is 0 Å². The number of phenols is 1. The number of hydrogen-bond acceptors (Lipinski definition) is 6. The molecule has 0 spiro atoms. The van der Waals surface area contributed by atoms with E-state index in [-0.39, 0.29) is 17.4 Å². The number of rotatable bonds is 5. The monoisotopic (exact) mass is 371 g/mol. The van der Waals surface area contributed by atoms with E-state index in [9.17, 15) is 9.90 Å². The molecule has 0 atom stereocenters. The minimum absolute atomic E-state index is 0.187. The first-order valence-corrected chi connectivity index (χ1v) is 9.43. The number of fused-ring (bicyclic) bond motifs is 1. The normalized spacial score (nSPS) is 11.3. The molecule has 1 aromatic heterocycles. The summed E-state index contributed by atoms with van der Waals surface area (Å²) in [5.74, 6) is 0.353. The lowest BCUT2D eigenvalue weighted by Crippen LogP contribution is -2.19. The summed E-state index contributed by atoms with van der Waals surface area (Å²) in [4.78, 5) is 16.4. The van der Waals surface area contributed by atoms with Crippen LogP contribution in [0.15, 0.2) is 45.8 Å². The highest BCUT2D eigenvalue weighted by molar-refractivity contribution is 8.01. The molecule has 0 radical (unpaired) electrons. The fourth-order valence-electron chi connectivity index (χ4n) is 2.32. The van der Waals surface area contributed by atoms with Crippen LogP contribution in [0.1, 0.15) is 16.7 Å². The van der Waals surface area contributed by atoms with Crippen molar-refractivity contribution in [3.63, 3.8) is 0 Å². The van der Waals surface area contributed by atoms with Gasteiger partial charge in [0.2, 0.25) is 0 Å². The molecule has 0 saturated carbocycles. The fourth-order valence-corrected chi connectivity index (χ4v) is 4.18. The topological polar surface area (TPSA) is 74.6 Å². The van der Waals surface area contributed by atoms with Crippen molar-refractivity contribution in [3.8, 4) is 5.75 Å². The van der Waals surface area contributed by atoms with E-state index < -0.39 is 0 Å². The van der Waals surface area contributed by atoms with Gasteiger partial charge in [0.15, 0.2) is 4.34 Å². The highest BCUT2D eigenvalue weighted by Crippen LogP contribution is 2.29. The third-order valence-corrected chi connectivity index (χ3v) is 5.70. The van der Waals surface area contributed by atoms with Gasteiger partial charge in [-0.25, -0.2) is 10.4 Å². The van der Waals surface area contributed by atoms with Crippen molar-refractivity contribution in [1.82, 2.24) is 10.4 Å². The second-order valence-electron chi connectivity index (χ2n) is 5.53. The van der Waals surface area contributed by atoms with Gasteiger partial charge in [0.25, 0.3) is 5.91 Å². The van der Waals surface area contributed by atoms with Crippen molar-refractivity contribution < 1.29 is 9.90 Å². The number of hydrazone groups is 1. The van der Waals surface area contributed by atoms with Gasteiger partial charge in [-0.2, -0.15) is 5.10 Å². The van der Waals surface area contributed by atoms with Crippen LogP contribution < -0.4 is 5.43 Å². The first-order valence-electron chi connectivity index (χ1n) is 7.63. The number of benzene rings is 2. The molecule has 3 aromatic rings. The average molecular weight is 371 g/mol. The largest absolute Gasteiger partial charge is 0.507 e. The van der Waals surface area contributed by atoms with Crippen LogP contribution in [0.25, 0.3) is 10.2 Å². The van der Waals surface area contributed by atoms with Crippen LogP contribution in [0, 0.1) is 13.8 Å². The maximum Gasteiger partial charge on any atom is 0.250 e. The van der Waals surface area contributed by atoms with E-state index in [1.807, 2.05) is 50.2 Å². The lowest BCUT2D eigenvalue weighted by molar-refractivity contribution is -0.118. The Hall–Kier alpha value is -2.38. The second kappa shape index (κ2) is 7.67. The third kappa shape index (κ3) is 4.37. The summed E-state index contributed by atoms with van der Waals surface area (Å²) < 4.78 is 1.98. The summed E-state index contributed by atoms with van der Waals surface area (Å²) in [6.45, 7) is 3.65. The number of phenolic OH excluding ortho intramolecular Hbond substituents is 1. The lowest BCUT2D eigenvalue weighted by atomic mass is 10.1. The van der Waals surface area contributed by atoms with Crippen molar-refractivity contribution >= 4 is 45.4 Å². The van der Waals surface area contributed by atoms with Gasteiger partial charge in [-0.3, -0.25) is 4.79 Å². The van der Waals surface area contributed by atoms with Crippen molar-refractivity contribution in [2.75, 3.05) is 5.75 Å². The van der Waals surface area contributed by atoms with Crippen LogP contribution in [0.3, 0.4) is 0 Å². The maximum atomic E-state index is 11.9. The highest BCUT2D eigenvalue weighted by atomic mass is 32.2. The molecule has 2 N–H and O–H groups in total. The van der Waals surface area contributed by atoms with Gasteiger partial charge in [-0.1, -0.05) is 23.9 Å². The number of aryl methyl sites for hydroxylation is 2. The van der Waals surface area contributed by atoms with E-state index in [1.165, 1.54) is 11.8 Å². The van der Waals surface area contributed by atoms with Crippen molar-refractivity contribution in [2.24, 2.45) is 5.10 Å². The summed E-state index contributed by atoms with van der Waals surface area (Å²) in [7, 11) is 0. The van der Waals surface area contributed by atoms with Crippen molar-refractivity contribution in [1.29, 1.82) is 0 Å². The van der Waals surface area contributed by atoms with E-state index in [0.29, 0.717) is 0 Å². The molecule has 0 fully saturated rings. The van der Waals surface area contributed by atoms with Crippen molar-refractivity contribution in [2.45, 2.75) is 18.2 Å². The summed E-state index contributed by atoms with van der Waals surface area (Å²) in [5, 5.41) is 13.7. The van der Waals surface area contributed by atoms with Crippen LogP contribution in [0.4, 0.5) is 0 Å². The minimum Gasteiger partial charge on any atom is -0.507 e. The molecule has 5 nitrogen and oxygen atoms in total. The van der Waals surface area contributed by atoms with Gasteiger partial charge in [0.05, 0.1) is 22.2 Å². The molecule has 0 bridgehead atoms. The molecule has 0 aliphatic heterocycles. The lowest BCUT2D eigenvalue weighted by Gasteiger charge is -2.04. The van der Waals surface area contributed by atoms with Crippen LogP contribution in [-0.2, 0) is 4.79 Å². The third-order valence-electron chi connectivity index (χ3n) is 3.52. The predicted octanol–water partition coefficient (Wildman–Crippen LogP) is 3.86. The number of carbonyl (C=O) groups excluding carboxylic acids is 1. The molecule has 1 heterocycles. The number of aromatic hydroxyl groups is 1. The molecule has 0 aliphatic rings. The van der Waals surface area contributed by atoms with Gasteiger partial charge in [0.1, 0.15) is 5.75 Å². The number of hydrogen-bond donors (Lipinski definition) is 2. The summed E-state index contributed by atoms with van der Waals surface area (Å²) in [6.07, 6.45) is 1.57. The van der Waals surface area contributed by atoms with Gasteiger partial charge < -0.3 is 5.11 Å². The van der Waals surface area contributed by atoms with Crippen LogP contribution in [0.2, 0.25) is 0 Å². The first kappa shape index (κ1) is 17.4. The number of aromatic nitrogens is 1. The molecule has 7 heteroatoms. The smallest absolute Gasteiger partial charge is 0.250 e. The number of carbonyl (C=O) groups is 1. The number of thiazole rings is 1. The predicted molar refractivity (Wildman–Crippen MR) is 104 cm³/mol. The number of nitrogens with zero attached hydrogens (tertiary/aromatic N) is 2. The van der Waals surface area contributed by atoms with Gasteiger partial charge in [-0.15, -0.1) is 11.3 Å². The Morgan fingerprint density at radius 3 is 2.76 bits per heavy atom. The molecule has 1 amide bonds. The molecule has 0 saturated heterocycles. The zero-order valence-corrected chi connectivity index (χ0v) is 15.4. The zero-order valence-electron chi connectivity index (χ0n) is 13.8. The molecule has 25 heavy (non-hydrogen) atoms. The maximum absolute atomic E-state index is 11.9. The van der Waals surface area contributed by atoms with E-state index in [2.05, 4.69) is 15.5 Å². The van der Waals surface area contributed by atoms with E-state index in [1.54, 1.807) is 17.6 Å². The molecule has 128 valence electrons. The van der Waals surface area contributed by atoms with Crippen molar-refractivity contribution in [3.05, 3.63) is 53.1 Å². The quantitative estimate of drug-likeness (QED) is 0.406. The molecule has 2 aromatic carbocycles. The number of amides is 1. The standard InChI is InChI=1S/C18H17N3O2S2/c1-11-7-13(8-12(2)17(11)23)9-19-21-16(22)10-24-18-20-14-5-3-4-6-15(14)25-18/h3-9,23H,10H2,1-2H3,(H,21,22). The Labute approximate surface area is 153 Å². The SMILES string of the molecule is Cc1cc(C=NNC(=O)CSc2nc3ccccc3s2)cc(C)c1O. The van der Waals surface area contributed by atoms with Crippen LogP contribution in [-0.4, -0.2) is 28.0 Å². The summed E-state index contributed by atoms with van der Waals surface area (Å²) in [5.41, 5.74) is 5.84. The van der Waals surface area contributed by atoms with Gasteiger partial charge >= 0.3 is 0 Å². The molecule has 0 aliphatic carbocycles. The number of nitrogens with one attached hydrogen (secondary N) is 1. The Morgan fingerprint density at radius 2 is 2.04 bits per heavy atom. The van der Waals surface area contributed by atoms with Crippen LogP contribution in [0.5, 0.6) is 5.75 Å². The Morgan fingerprint density at radius 1 is 1.32 bits per heavy atom. The average Bonchev–Trinajstić information content (AvgIpc) is 3.01. The van der Waals surface area contributed by atoms with Gasteiger partial charge in [-0.05, 0) is 54.8 Å². The second-order valence-corrected chi connectivity index (χ2v) is 7.79. The van der Waals surface area contributed by atoms with Crippen LogP contribution >= 0.6 is 23.1 Å². The molecule has 3 rings (SSSR count). The van der Waals surface area contributed by atoms with E-state index >= 15 is 0 Å². The Kier molecular flexibility index (Phi) is 5.35. The Balaban J connectivity index is 1.54. The molecular weight excluding hydrogens is 354 g/mol. The molecular formula is C18H17N3O2S2. The summed E-state index contributed by atoms with van der Waals surface area (Å²) >= 11 is 2.97. The highest BCUT2D eigenvalue weighted by Gasteiger charge is 2.07. The Bertz CT molecular complexity index is 894. The minimum atomic E-state index is -0.187. The summed E-state index contributed by atoms with van der Waals surface area (Å²) in [6, 6.07) is 11.5. The zero-order chi connectivity index (χ0) is 17.8. The number of thioether (sulfide) groups is 1. The fraction of sp³-hybridized carbons (Fsp3) is 0.167. The van der Waals surface area contributed by atoms with E-state index in [0.717, 1.165) is 31.2 Å². The van der Waals surface area contributed by atoms with E-state index in [4.69, 9.17) is 0 Å². The molecule has 0 unspecified atom stereocenters. The number of para-hydroxylation sites is 1. The first-order chi connectivity index (χ1) is 12.0.